The molecule has 1 unspecified atom stereocenters. The van der Waals surface area contributed by atoms with Crippen molar-refractivity contribution in [3.63, 3.8) is 0 Å². The number of thiazole rings is 1. The molecule has 120 valence electrons. The van der Waals surface area contributed by atoms with Crippen LogP contribution in [0.25, 0.3) is 0 Å². The highest BCUT2D eigenvalue weighted by Crippen LogP contribution is 2.23. The molecule has 0 saturated heterocycles. The lowest BCUT2D eigenvalue weighted by Gasteiger charge is -2.18. The molecule has 5 nitrogen and oxygen atoms in total. The highest BCUT2D eigenvalue weighted by Gasteiger charge is 2.18. The number of urea groups is 1. The van der Waals surface area contributed by atoms with Crippen molar-refractivity contribution in [1.82, 2.24) is 15.6 Å². The van der Waals surface area contributed by atoms with E-state index in [1.807, 2.05) is 5.38 Å². The fourth-order valence-electron chi connectivity index (χ4n) is 1.88. The van der Waals surface area contributed by atoms with Gasteiger partial charge in [0, 0.05) is 10.8 Å². The maximum Gasteiger partial charge on any atom is 0.315 e. The first-order valence-corrected chi connectivity index (χ1v) is 8.20. The standard InChI is InChI=1S/C15H27N3O2S/c1-10(2)6-11(8-19)17-14(20)16-7-13-18-12(9-21-13)15(3,4)5/h9-11,19H,6-8H2,1-5H3,(H2,16,17,20). The van der Waals surface area contributed by atoms with Crippen molar-refractivity contribution < 1.29 is 9.90 Å². The van der Waals surface area contributed by atoms with E-state index >= 15 is 0 Å². The van der Waals surface area contributed by atoms with Gasteiger partial charge in [0.1, 0.15) is 5.01 Å². The van der Waals surface area contributed by atoms with Gasteiger partial charge in [0.25, 0.3) is 0 Å². The molecule has 0 aromatic carbocycles. The van der Waals surface area contributed by atoms with Crippen LogP contribution in [0.2, 0.25) is 0 Å². The van der Waals surface area contributed by atoms with E-state index in [2.05, 4.69) is 50.2 Å². The molecule has 1 atom stereocenters. The van der Waals surface area contributed by atoms with E-state index in [0.29, 0.717) is 12.5 Å². The van der Waals surface area contributed by atoms with Crippen LogP contribution in [0.1, 0.15) is 51.7 Å². The Balaban J connectivity index is 2.44. The van der Waals surface area contributed by atoms with Crippen LogP contribution in [0.4, 0.5) is 4.79 Å². The van der Waals surface area contributed by atoms with Crippen LogP contribution in [0, 0.1) is 5.92 Å². The summed E-state index contributed by atoms with van der Waals surface area (Å²) in [7, 11) is 0. The summed E-state index contributed by atoms with van der Waals surface area (Å²) >= 11 is 1.55. The second-order valence-electron chi connectivity index (χ2n) is 6.71. The minimum Gasteiger partial charge on any atom is -0.394 e. The summed E-state index contributed by atoms with van der Waals surface area (Å²) in [6.45, 7) is 10.8. The molecule has 0 aliphatic heterocycles. The molecule has 3 N–H and O–H groups in total. The zero-order valence-corrected chi connectivity index (χ0v) is 14.4. The Kier molecular flexibility index (Phi) is 6.61. The molecule has 0 aliphatic rings. The molecule has 0 spiro atoms. The second kappa shape index (κ2) is 7.75. The summed E-state index contributed by atoms with van der Waals surface area (Å²) in [5, 5.41) is 17.7. The van der Waals surface area contributed by atoms with Crippen molar-refractivity contribution in [1.29, 1.82) is 0 Å². The van der Waals surface area contributed by atoms with Crippen LogP contribution < -0.4 is 10.6 Å². The van der Waals surface area contributed by atoms with E-state index in [0.717, 1.165) is 17.1 Å². The Hall–Kier alpha value is -1.14. The molecule has 2 amide bonds. The summed E-state index contributed by atoms with van der Waals surface area (Å²) in [6.07, 6.45) is 0.759. The van der Waals surface area contributed by atoms with Crippen molar-refractivity contribution in [2.45, 2.75) is 59.0 Å². The third kappa shape index (κ3) is 6.44. The van der Waals surface area contributed by atoms with Gasteiger partial charge in [-0.1, -0.05) is 34.6 Å². The Morgan fingerprint density at radius 1 is 1.43 bits per heavy atom. The fourth-order valence-corrected chi connectivity index (χ4v) is 2.84. The molecule has 21 heavy (non-hydrogen) atoms. The van der Waals surface area contributed by atoms with Gasteiger partial charge in [-0.05, 0) is 12.3 Å². The van der Waals surface area contributed by atoms with Gasteiger partial charge in [-0.3, -0.25) is 0 Å². The van der Waals surface area contributed by atoms with Gasteiger partial charge < -0.3 is 15.7 Å². The van der Waals surface area contributed by atoms with Gasteiger partial charge in [0.05, 0.1) is 24.9 Å². The third-order valence-electron chi connectivity index (χ3n) is 3.03. The number of nitrogens with zero attached hydrogens (tertiary/aromatic N) is 1. The monoisotopic (exact) mass is 313 g/mol. The molecule has 0 fully saturated rings. The Morgan fingerprint density at radius 3 is 2.57 bits per heavy atom. The van der Waals surface area contributed by atoms with Crippen molar-refractivity contribution in [3.05, 3.63) is 16.1 Å². The van der Waals surface area contributed by atoms with E-state index in [4.69, 9.17) is 0 Å². The number of aliphatic hydroxyl groups is 1. The normalized spacial score (nSPS) is 13.3. The first kappa shape index (κ1) is 17.9. The van der Waals surface area contributed by atoms with E-state index in [1.54, 1.807) is 11.3 Å². The van der Waals surface area contributed by atoms with Crippen LogP contribution in [0.5, 0.6) is 0 Å². The second-order valence-corrected chi connectivity index (χ2v) is 7.66. The highest BCUT2D eigenvalue weighted by molar-refractivity contribution is 7.09. The van der Waals surface area contributed by atoms with E-state index in [1.165, 1.54) is 0 Å². The molecule has 1 aromatic rings. The summed E-state index contributed by atoms with van der Waals surface area (Å²) in [6, 6.07) is -0.464. The van der Waals surface area contributed by atoms with Gasteiger partial charge in [-0.2, -0.15) is 0 Å². The maximum atomic E-state index is 11.8. The minimum atomic E-state index is -0.262. The Bertz CT molecular complexity index is 452. The lowest BCUT2D eigenvalue weighted by Crippen LogP contribution is -2.44. The molecule has 1 rings (SSSR count). The molecule has 1 aromatic heterocycles. The van der Waals surface area contributed by atoms with E-state index < -0.39 is 0 Å². The summed E-state index contributed by atoms with van der Waals surface area (Å²) in [5.41, 5.74) is 1.06. The number of nitrogens with one attached hydrogen (secondary N) is 2. The number of hydrogen-bond acceptors (Lipinski definition) is 4. The Labute approximate surface area is 131 Å². The third-order valence-corrected chi connectivity index (χ3v) is 3.88. The van der Waals surface area contributed by atoms with Crippen molar-refractivity contribution >= 4 is 17.4 Å². The average molecular weight is 313 g/mol. The highest BCUT2D eigenvalue weighted by atomic mass is 32.1. The average Bonchev–Trinajstić information content (AvgIpc) is 2.83. The summed E-state index contributed by atoms with van der Waals surface area (Å²) in [4.78, 5) is 16.3. The van der Waals surface area contributed by atoms with Crippen LogP contribution in [-0.2, 0) is 12.0 Å². The molecule has 0 radical (unpaired) electrons. The Morgan fingerprint density at radius 2 is 2.10 bits per heavy atom. The van der Waals surface area contributed by atoms with Crippen LogP contribution in [0.15, 0.2) is 5.38 Å². The number of amides is 2. The largest absolute Gasteiger partial charge is 0.394 e. The molecular weight excluding hydrogens is 286 g/mol. The first-order valence-electron chi connectivity index (χ1n) is 7.32. The number of rotatable bonds is 6. The number of aliphatic hydroxyl groups excluding tert-OH is 1. The summed E-state index contributed by atoms with van der Waals surface area (Å²) < 4.78 is 0. The molecule has 1 heterocycles. The van der Waals surface area contributed by atoms with Crippen molar-refractivity contribution in [2.75, 3.05) is 6.61 Å². The van der Waals surface area contributed by atoms with Gasteiger partial charge in [0.2, 0.25) is 0 Å². The predicted molar refractivity (Wildman–Crippen MR) is 86.5 cm³/mol. The summed E-state index contributed by atoms with van der Waals surface area (Å²) in [5.74, 6) is 0.427. The van der Waals surface area contributed by atoms with Crippen molar-refractivity contribution in [3.8, 4) is 0 Å². The van der Waals surface area contributed by atoms with Crippen LogP contribution in [-0.4, -0.2) is 28.8 Å². The van der Waals surface area contributed by atoms with Crippen LogP contribution >= 0.6 is 11.3 Å². The lowest BCUT2D eigenvalue weighted by molar-refractivity contribution is 0.206. The lowest BCUT2D eigenvalue weighted by atomic mass is 9.93. The molecule has 0 aliphatic carbocycles. The number of carbonyl (C=O) groups is 1. The van der Waals surface area contributed by atoms with Gasteiger partial charge in [-0.15, -0.1) is 11.3 Å². The van der Waals surface area contributed by atoms with Gasteiger partial charge in [-0.25, -0.2) is 9.78 Å². The SMILES string of the molecule is CC(C)CC(CO)NC(=O)NCc1nc(C(C)(C)C)cs1. The topological polar surface area (TPSA) is 74.2 Å². The maximum absolute atomic E-state index is 11.8. The molecule has 0 saturated carbocycles. The molecule has 0 bridgehead atoms. The van der Waals surface area contributed by atoms with Crippen molar-refractivity contribution in [2.24, 2.45) is 5.92 Å². The molecule has 6 heteroatoms. The number of hydrogen-bond donors (Lipinski definition) is 3. The number of carbonyl (C=O) groups excluding carboxylic acids is 1. The zero-order valence-electron chi connectivity index (χ0n) is 13.6. The minimum absolute atomic E-state index is 0.0241. The van der Waals surface area contributed by atoms with Gasteiger partial charge >= 0.3 is 6.03 Å². The molecular formula is C15H27N3O2S. The van der Waals surface area contributed by atoms with E-state index in [9.17, 15) is 9.90 Å². The fraction of sp³-hybridized carbons (Fsp3) is 0.733. The van der Waals surface area contributed by atoms with Crippen LogP contribution in [0.3, 0.4) is 0 Å². The quantitative estimate of drug-likeness (QED) is 0.756. The predicted octanol–water partition coefficient (Wildman–Crippen LogP) is 2.65. The number of aromatic nitrogens is 1. The smallest absolute Gasteiger partial charge is 0.315 e. The van der Waals surface area contributed by atoms with Gasteiger partial charge in [0.15, 0.2) is 0 Å². The van der Waals surface area contributed by atoms with E-state index in [-0.39, 0.29) is 24.1 Å². The zero-order chi connectivity index (χ0) is 16.0. The first-order chi connectivity index (χ1) is 9.72.